The second-order valence-corrected chi connectivity index (χ2v) is 11.1. The molecule has 4 heterocycles. The number of nitrogens with zero attached hydrogens (tertiary/aromatic N) is 5. The number of aryl methyl sites for hydroxylation is 1. The SMILES string of the molecule is CCC1C=CC(C2CCC2)=c2c(NC3CCNCC3O)nc(-c3ccnc(Nc4ccc(C#N)c(C)n4)c3)nc2=C1. The molecular weight excluding hydrogens is 512 g/mol. The number of aliphatic hydroxyl groups is 1. The normalized spacial score (nSPS) is 22.1. The van der Waals surface area contributed by atoms with Crippen LogP contribution in [0.25, 0.3) is 23.0 Å². The zero-order valence-corrected chi connectivity index (χ0v) is 23.6. The van der Waals surface area contributed by atoms with Crippen molar-refractivity contribution in [1.82, 2.24) is 25.3 Å². The monoisotopic (exact) mass is 548 g/mol. The highest BCUT2D eigenvalue weighted by Crippen LogP contribution is 2.35. The first-order chi connectivity index (χ1) is 20.0. The average molecular weight is 549 g/mol. The molecule has 41 heavy (non-hydrogen) atoms. The third kappa shape index (κ3) is 5.71. The number of hydrogen-bond donors (Lipinski definition) is 4. The second-order valence-electron chi connectivity index (χ2n) is 11.1. The Bertz CT molecular complexity index is 1640. The van der Waals surface area contributed by atoms with Gasteiger partial charge in [0.05, 0.1) is 28.8 Å². The molecule has 9 heteroatoms. The van der Waals surface area contributed by atoms with Crippen molar-refractivity contribution in [2.45, 2.75) is 58.1 Å². The van der Waals surface area contributed by atoms with Gasteiger partial charge in [-0.15, -0.1) is 0 Å². The Morgan fingerprint density at radius 1 is 1.12 bits per heavy atom. The van der Waals surface area contributed by atoms with E-state index in [2.05, 4.69) is 57.1 Å². The number of allylic oxidation sites excluding steroid dienone is 2. The zero-order valence-electron chi connectivity index (χ0n) is 23.6. The van der Waals surface area contributed by atoms with Crippen LogP contribution in [0.4, 0.5) is 17.5 Å². The van der Waals surface area contributed by atoms with Crippen molar-refractivity contribution in [2.24, 2.45) is 11.8 Å². The summed E-state index contributed by atoms with van der Waals surface area (Å²) >= 11 is 0. The summed E-state index contributed by atoms with van der Waals surface area (Å²) < 4.78 is 0. The first-order valence-electron chi connectivity index (χ1n) is 14.6. The highest BCUT2D eigenvalue weighted by atomic mass is 16.3. The fourth-order valence-corrected chi connectivity index (χ4v) is 5.70. The van der Waals surface area contributed by atoms with Crippen LogP contribution in [0.2, 0.25) is 0 Å². The van der Waals surface area contributed by atoms with Gasteiger partial charge in [-0.3, -0.25) is 0 Å². The maximum atomic E-state index is 10.8. The van der Waals surface area contributed by atoms with Crippen LogP contribution in [0.3, 0.4) is 0 Å². The number of fused-ring (bicyclic) bond motifs is 1. The molecule has 0 aromatic carbocycles. The maximum absolute atomic E-state index is 10.8. The van der Waals surface area contributed by atoms with Gasteiger partial charge in [0.25, 0.3) is 0 Å². The number of pyridine rings is 2. The van der Waals surface area contributed by atoms with Gasteiger partial charge in [0.2, 0.25) is 0 Å². The second kappa shape index (κ2) is 11.8. The van der Waals surface area contributed by atoms with Crippen LogP contribution in [0.5, 0.6) is 0 Å². The minimum Gasteiger partial charge on any atom is -0.390 e. The van der Waals surface area contributed by atoms with E-state index in [1.165, 1.54) is 24.8 Å². The quantitative estimate of drug-likeness (QED) is 0.351. The molecule has 3 aromatic rings. The fraction of sp³-hybridized carbons (Fsp3) is 0.406. The Balaban J connectivity index is 1.45. The lowest BCUT2D eigenvalue weighted by Gasteiger charge is -2.31. The van der Waals surface area contributed by atoms with E-state index in [4.69, 9.17) is 9.97 Å². The summed E-state index contributed by atoms with van der Waals surface area (Å²) in [6, 6.07) is 9.41. The van der Waals surface area contributed by atoms with Gasteiger partial charge in [-0.1, -0.05) is 31.6 Å². The molecule has 3 atom stereocenters. The molecule has 1 saturated heterocycles. The first-order valence-corrected chi connectivity index (χ1v) is 14.6. The van der Waals surface area contributed by atoms with E-state index in [0.29, 0.717) is 41.2 Å². The molecule has 3 aromatic heterocycles. The summed E-state index contributed by atoms with van der Waals surface area (Å²) in [5, 5.41) is 32.2. The number of aliphatic hydroxyl groups excluding tert-OH is 1. The molecule has 0 bridgehead atoms. The van der Waals surface area contributed by atoms with Gasteiger partial charge in [-0.2, -0.15) is 5.26 Å². The van der Waals surface area contributed by atoms with E-state index < -0.39 is 6.10 Å². The molecule has 1 saturated carbocycles. The van der Waals surface area contributed by atoms with Crippen molar-refractivity contribution >= 4 is 29.1 Å². The van der Waals surface area contributed by atoms with E-state index in [9.17, 15) is 10.4 Å². The number of piperidine rings is 1. The lowest BCUT2D eigenvalue weighted by Crippen LogP contribution is -2.49. The zero-order chi connectivity index (χ0) is 28.3. The number of nitrogens with one attached hydrogen (secondary N) is 3. The van der Waals surface area contributed by atoms with Gasteiger partial charge in [-0.05, 0) is 80.8 Å². The Morgan fingerprint density at radius 2 is 2.00 bits per heavy atom. The molecule has 1 aliphatic heterocycles. The van der Waals surface area contributed by atoms with Crippen LogP contribution in [0.15, 0.2) is 42.6 Å². The third-order valence-corrected chi connectivity index (χ3v) is 8.39. The molecule has 3 unspecified atom stereocenters. The van der Waals surface area contributed by atoms with E-state index in [1.54, 1.807) is 18.3 Å². The summed E-state index contributed by atoms with van der Waals surface area (Å²) in [6.07, 6.45) is 13.5. The predicted octanol–water partition coefficient (Wildman–Crippen LogP) is 3.32. The van der Waals surface area contributed by atoms with Crippen LogP contribution in [0.1, 0.15) is 50.3 Å². The maximum Gasteiger partial charge on any atom is 0.162 e. The molecule has 2 fully saturated rings. The Morgan fingerprint density at radius 3 is 2.73 bits per heavy atom. The van der Waals surface area contributed by atoms with Crippen molar-refractivity contribution < 1.29 is 5.11 Å². The van der Waals surface area contributed by atoms with Gasteiger partial charge in [0, 0.05) is 23.5 Å². The Kier molecular flexibility index (Phi) is 7.77. The lowest BCUT2D eigenvalue weighted by molar-refractivity contribution is 0.128. The van der Waals surface area contributed by atoms with Crippen molar-refractivity contribution in [1.29, 1.82) is 5.26 Å². The number of nitriles is 1. The third-order valence-electron chi connectivity index (χ3n) is 8.39. The molecule has 2 aliphatic carbocycles. The van der Waals surface area contributed by atoms with Crippen molar-refractivity contribution in [3.05, 3.63) is 64.4 Å². The molecule has 210 valence electrons. The summed E-state index contributed by atoms with van der Waals surface area (Å²) in [4.78, 5) is 19.2. The number of anilines is 3. The number of hydrogen-bond acceptors (Lipinski definition) is 9. The topological polar surface area (TPSA) is 132 Å². The minimum absolute atomic E-state index is 0.0969. The standard InChI is InChI=1S/C32H36N8O/c1-3-20-7-9-24(21-5-4-6-21)30-26(15-20)38-31(40-32(30)37-25-12-13-34-18-27(25)41)22-11-14-35-29(16-22)39-28-10-8-23(17-33)19(2)36-28/h7-11,14-16,20-21,25,27,34,41H,3-6,12-13,18H2,1-2H3,(H,35,36,39)(H,37,38,40). The highest BCUT2D eigenvalue weighted by Gasteiger charge is 2.27. The van der Waals surface area contributed by atoms with Gasteiger partial charge in [-0.25, -0.2) is 19.9 Å². The van der Waals surface area contributed by atoms with Gasteiger partial charge < -0.3 is 21.1 Å². The van der Waals surface area contributed by atoms with Crippen LogP contribution in [0, 0.1) is 30.1 Å². The van der Waals surface area contributed by atoms with E-state index in [-0.39, 0.29) is 12.0 Å². The first kappa shape index (κ1) is 27.1. The summed E-state index contributed by atoms with van der Waals surface area (Å²) in [5.74, 6) is 3.39. The Labute approximate surface area is 240 Å². The summed E-state index contributed by atoms with van der Waals surface area (Å²) in [6.45, 7) is 5.42. The molecular formula is C32H36N8O. The molecule has 9 nitrogen and oxygen atoms in total. The fourth-order valence-electron chi connectivity index (χ4n) is 5.70. The highest BCUT2D eigenvalue weighted by molar-refractivity contribution is 5.69. The lowest BCUT2D eigenvalue weighted by atomic mass is 9.78. The molecule has 0 amide bonds. The number of aromatic nitrogens is 4. The van der Waals surface area contributed by atoms with Crippen molar-refractivity contribution in [2.75, 3.05) is 23.7 Å². The number of β-amino-alcohol motifs (C(OH)–C–C–N with tert-alkyl or cyclic N) is 1. The van der Waals surface area contributed by atoms with E-state index >= 15 is 0 Å². The molecule has 0 radical (unpaired) electrons. The molecule has 4 N–H and O–H groups in total. The molecule has 0 spiro atoms. The largest absolute Gasteiger partial charge is 0.390 e. The van der Waals surface area contributed by atoms with Crippen molar-refractivity contribution in [3.8, 4) is 17.5 Å². The van der Waals surface area contributed by atoms with Gasteiger partial charge >= 0.3 is 0 Å². The van der Waals surface area contributed by atoms with Crippen LogP contribution in [-0.4, -0.2) is 50.3 Å². The molecule has 3 aliphatic rings. The van der Waals surface area contributed by atoms with Gasteiger partial charge in [0.15, 0.2) is 5.82 Å². The summed E-state index contributed by atoms with van der Waals surface area (Å²) in [7, 11) is 0. The number of rotatable bonds is 7. The van der Waals surface area contributed by atoms with E-state index in [0.717, 1.165) is 41.3 Å². The minimum atomic E-state index is -0.501. The summed E-state index contributed by atoms with van der Waals surface area (Å²) in [5.41, 5.74) is 3.33. The van der Waals surface area contributed by atoms with Crippen LogP contribution in [-0.2, 0) is 0 Å². The predicted molar refractivity (Wildman–Crippen MR) is 161 cm³/mol. The smallest absolute Gasteiger partial charge is 0.162 e. The molecule has 6 rings (SSSR count). The van der Waals surface area contributed by atoms with Gasteiger partial charge in [0.1, 0.15) is 23.5 Å². The van der Waals surface area contributed by atoms with Crippen LogP contribution < -0.4 is 26.5 Å². The van der Waals surface area contributed by atoms with Crippen molar-refractivity contribution in [3.63, 3.8) is 0 Å². The average Bonchev–Trinajstić information content (AvgIpc) is 3.13. The van der Waals surface area contributed by atoms with E-state index in [1.807, 2.05) is 19.1 Å². The Hall–Kier alpha value is -4.13. The van der Waals surface area contributed by atoms with Crippen LogP contribution >= 0.6 is 0 Å².